The minimum atomic E-state index is 0.446. The molecular formula is C14H18OS. The lowest BCUT2D eigenvalue weighted by atomic mass is 10.1. The quantitative estimate of drug-likeness (QED) is 0.525. The third-order valence-electron chi connectivity index (χ3n) is 2.86. The Balaban J connectivity index is 1.53. The van der Waals surface area contributed by atoms with Crippen LogP contribution >= 0.6 is 11.8 Å². The number of ketones is 1. The molecule has 1 aromatic carbocycles. The van der Waals surface area contributed by atoms with Crippen LogP contribution in [0.4, 0.5) is 0 Å². The Morgan fingerprint density at radius 2 is 1.94 bits per heavy atom. The van der Waals surface area contributed by atoms with Gasteiger partial charge in [-0.2, -0.15) is 0 Å². The van der Waals surface area contributed by atoms with E-state index in [9.17, 15) is 4.79 Å². The fourth-order valence-corrected chi connectivity index (χ4v) is 2.65. The summed E-state index contributed by atoms with van der Waals surface area (Å²) in [5, 5.41) is 0. The molecular weight excluding hydrogens is 216 g/mol. The summed E-state index contributed by atoms with van der Waals surface area (Å²) < 4.78 is 0. The summed E-state index contributed by atoms with van der Waals surface area (Å²) in [6.45, 7) is 0. The second kappa shape index (κ2) is 6.09. The fourth-order valence-electron chi connectivity index (χ4n) is 1.72. The lowest BCUT2D eigenvalue weighted by molar-refractivity contribution is -0.120. The number of benzene rings is 1. The van der Waals surface area contributed by atoms with Crippen LogP contribution in [0.2, 0.25) is 0 Å². The van der Waals surface area contributed by atoms with E-state index in [1.165, 1.54) is 4.90 Å². The molecule has 1 aliphatic rings. The summed E-state index contributed by atoms with van der Waals surface area (Å²) in [7, 11) is 0. The third-order valence-corrected chi connectivity index (χ3v) is 3.96. The summed E-state index contributed by atoms with van der Waals surface area (Å²) >= 11 is 1.88. The minimum Gasteiger partial charge on any atom is -0.299 e. The second-order valence-electron chi connectivity index (χ2n) is 4.36. The van der Waals surface area contributed by atoms with Crippen LogP contribution in [0.3, 0.4) is 0 Å². The van der Waals surface area contributed by atoms with Crippen molar-refractivity contribution in [3.63, 3.8) is 0 Å². The number of unbranched alkanes of at least 4 members (excludes halogenated alkanes) is 1. The van der Waals surface area contributed by atoms with Gasteiger partial charge in [-0.15, -0.1) is 11.8 Å². The molecule has 1 aliphatic carbocycles. The van der Waals surface area contributed by atoms with E-state index in [0.29, 0.717) is 11.7 Å². The molecule has 86 valence electrons. The van der Waals surface area contributed by atoms with Crippen molar-refractivity contribution in [1.29, 1.82) is 0 Å². The van der Waals surface area contributed by atoms with Crippen molar-refractivity contribution in [2.24, 2.45) is 5.92 Å². The first-order chi connectivity index (χ1) is 7.86. The molecule has 1 nitrogen and oxygen atoms in total. The topological polar surface area (TPSA) is 17.1 Å². The van der Waals surface area contributed by atoms with E-state index in [1.807, 2.05) is 17.8 Å². The van der Waals surface area contributed by atoms with Crippen molar-refractivity contribution < 1.29 is 4.79 Å². The maximum Gasteiger partial charge on any atom is 0.135 e. The van der Waals surface area contributed by atoms with Gasteiger partial charge < -0.3 is 0 Å². The maximum atomic E-state index is 11.4. The Morgan fingerprint density at radius 1 is 1.19 bits per heavy atom. The van der Waals surface area contributed by atoms with Crippen molar-refractivity contribution in [3.8, 4) is 0 Å². The van der Waals surface area contributed by atoms with Gasteiger partial charge >= 0.3 is 0 Å². The SMILES string of the molecule is O=C(CCCCSc1ccccc1)C1CC1. The molecule has 16 heavy (non-hydrogen) atoms. The highest BCUT2D eigenvalue weighted by Crippen LogP contribution is 2.31. The number of hydrogen-bond donors (Lipinski definition) is 0. The van der Waals surface area contributed by atoms with Crippen LogP contribution in [-0.4, -0.2) is 11.5 Å². The number of rotatable bonds is 7. The fraction of sp³-hybridized carbons (Fsp3) is 0.500. The molecule has 1 saturated carbocycles. The number of thioether (sulfide) groups is 1. The molecule has 1 aromatic rings. The van der Waals surface area contributed by atoms with Crippen molar-refractivity contribution >= 4 is 17.5 Å². The molecule has 0 radical (unpaired) electrons. The predicted octanol–water partition coefficient (Wildman–Crippen LogP) is 3.93. The number of carbonyl (C=O) groups is 1. The van der Waals surface area contributed by atoms with Crippen LogP contribution in [0.1, 0.15) is 32.1 Å². The highest BCUT2D eigenvalue weighted by atomic mass is 32.2. The summed E-state index contributed by atoms with van der Waals surface area (Å²) in [6.07, 6.45) is 5.32. The Hall–Kier alpha value is -0.760. The Labute approximate surface area is 102 Å². The summed E-state index contributed by atoms with van der Waals surface area (Å²) in [5.41, 5.74) is 0. The lowest BCUT2D eigenvalue weighted by Crippen LogP contribution is -1.99. The molecule has 0 bridgehead atoms. The monoisotopic (exact) mass is 234 g/mol. The molecule has 2 heteroatoms. The number of carbonyl (C=O) groups excluding carboxylic acids is 1. The van der Waals surface area contributed by atoms with Crippen LogP contribution in [-0.2, 0) is 4.79 Å². The molecule has 2 rings (SSSR count). The molecule has 0 aliphatic heterocycles. The molecule has 0 saturated heterocycles. The number of Topliss-reactive ketones (excluding diaryl/α,β-unsaturated/α-hetero) is 1. The Bertz CT molecular complexity index is 330. The van der Waals surface area contributed by atoms with Gasteiger partial charge in [-0.05, 0) is 43.6 Å². The lowest BCUT2D eigenvalue weighted by Gasteiger charge is -2.01. The van der Waals surface area contributed by atoms with Crippen LogP contribution in [0.5, 0.6) is 0 Å². The van der Waals surface area contributed by atoms with Crippen molar-refractivity contribution in [3.05, 3.63) is 30.3 Å². The van der Waals surface area contributed by atoms with Gasteiger partial charge in [-0.3, -0.25) is 4.79 Å². The van der Waals surface area contributed by atoms with Crippen molar-refractivity contribution in [1.82, 2.24) is 0 Å². The van der Waals surface area contributed by atoms with Gasteiger partial charge in [0.05, 0.1) is 0 Å². The standard InChI is InChI=1S/C14H18OS/c15-14(12-9-10-12)8-4-5-11-16-13-6-2-1-3-7-13/h1-3,6-7,12H,4-5,8-11H2. The molecule has 0 amide bonds. The normalized spacial score (nSPS) is 15.0. The minimum absolute atomic E-state index is 0.446. The molecule has 0 N–H and O–H groups in total. The molecule has 0 spiro atoms. The summed E-state index contributed by atoms with van der Waals surface area (Å²) in [6, 6.07) is 10.5. The van der Waals surface area contributed by atoms with E-state index in [0.717, 1.165) is 37.9 Å². The average Bonchev–Trinajstić information content (AvgIpc) is 3.13. The van der Waals surface area contributed by atoms with Gasteiger partial charge in [-0.1, -0.05) is 18.2 Å². The molecule has 1 fully saturated rings. The van der Waals surface area contributed by atoms with Gasteiger partial charge in [0.25, 0.3) is 0 Å². The van der Waals surface area contributed by atoms with E-state index in [1.54, 1.807) is 0 Å². The van der Waals surface area contributed by atoms with E-state index in [4.69, 9.17) is 0 Å². The zero-order chi connectivity index (χ0) is 11.2. The van der Waals surface area contributed by atoms with Gasteiger partial charge in [0.1, 0.15) is 5.78 Å². The zero-order valence-corrected chi connectivity index (χ0v) is 10.3. The second-order valence-corrected chi connectivity index (χ2v) is 5.53. The highest BCUT2D eigenvalue weighted by molar-refractivity contribution is 7.99. The molecule has 0 heterocycles. The molecule has 0 aromatic heterocycles. The first-order valence-electron chi connectivity index (χ1n) is 6.07. The van der Waals surface area contributed by atoms with Gasteiger partial charge in [0.15, 0.2) is 0 Å². The summed E-state index contributed by atoms with van der Waals surface area (Å²) in [4.78, 5) is 12.8. The van der Waals surface area contributed by atoms with E-state index >= 15 is 0 Å². The highest BCUT2D eigenvalue weighted by Gasteiger charge is 2.28. The van der Waals surface area contributed by atoms with Crippen LogP contribution < -0.4 is 0 Å². The summed E-state index contributed by atoms with van der Waals surface area (Å²) in [5.74, 6) is 2.08. The third kappa shape index (κ3) is 4.01. The average molecular weight is 234 g/mol. The van der Waals surface area contributed by atoms with Gasteiger partial charge in [0.2, 0.25) is 0 Å². The van der Waals surface area contributed by atoms with E-state index in [-0.39, 0.29) is 0 Å². The van der Waals surface area contributed by atoms with Crippen molar-refractivity contribution in [2.75, 3.05) is 5.75 Å². The van der Waals surface area contributed by atoms with Crippen LogP contribution in [0.15, 0.2) is 35.2 Å². The van der Waals surface area contributed by atoms with Crippen molar-refractivity contribution in [2.45, 2.75) is 37.0 Å². The Kier molecular flexibility index (Phi) is 4.46. The zero-order valence-electron chi connectivity index (χ0n) is 9.52. The van der Waals surface area contributed by atoms with Crippen LogP contribution in [0.25, 0.3) is 0 Å². The molecule has 0 unspecified atom stereocenters. The Morgan fingerprint density at radius 3 is 2.62 bits per heavy atom. The first kappa shape index (κ1) is 11.7. The molecule has 0 atom stereocenters. The van der Waals surface area contributed by atoms with E-state index in [2.05, 4.69) is 24.3 Å². The van der Waals surface area contributed by atoms with E-state index < -0.39 is 0 Å². The smallest absolute Gasteiger partial charge is 0.135 e. The largest absolute Gasteiger partial charge is 0.299 e. The van der Waals surface area contributed by atoms with Crippen LogP contribution in [0, 0.1) is 5.92 Å². The predicted molar refractivity (Wildman–Crippen MR) is 68.7 cm³/mol. The number of hydrogen-bond acceptors (Lipinski definition) is 2. The maximum absolute atomic E-state index is 11.4. The van der Waals surface area contributed by atoms with Gasteiger partial charge in [-0.25, -0.2) is 0 Å². The first-order valence-corrected chi connectivity index (χ1v) is 7.05. The van der Waals surface area contributed by atoms with Gasteiger partial charge in [0, 0.05) is 17.2 Å².